The van der Waals surface area contributed by atoms with E-state index in [9.17, 15) is 28.2 Å². The predicted molar refractivity (Wildman–Crippen MR) is 147 cm³/mol. The molecule has 0 saturated heterocycles. The maximum atomic E-state index is 13.5. The number of hydrogen-bond acceptors (Lipinski definition) is 5. The molecule has 0 spiro atoms. The molecular formula is C31H34F3NO6. The van der Waals surface area contributed by atoms with E-state index in [0.717, 1.165) is 42.7 Å². The minimum atomic E-state index is -4.46. The fourth-order valence-electron chi connectivity index (χ4n) is 4.42. The lowest BCUT2D eigenvalue weighted by atomic mass is 10.0. The molecule has 1 aliphatic rings. The van der Waals surface area contributed by atoms with E-state index < -0.39 is 23.6 Å². The van der Waals surface area contributed by atoms with Crippen molar-refractivity contribution in [3.8, 4) is 16.9 Å². The first kappa shape index (κ1) is 31.6. The van der Waals surface area contributed by atoms with E-state index in [0.29, 0.717) is 36.3 Å². The van der Waals surface area contributed by atoms with Crippen LogP contribution in [0, 0.1) is 0 Å². The average Bonchev–Trinajstić information content (AvgIpc) is 3.78. The summed E-state index contributed by atoms with van der Waals surface area (Å²) in [6.07, 6.45) is 0.796. The van der Waals surface area contributed by atoms with Gasteiger partial charge in [-0.1, -0.05) is 62.6 Å². The first-order valence-corrected chi connectivity index (χ1v) is 13.4. The van der Waals surface area contributed by atoms with Crippen LogP contribution in [0.5, 0.6) is 5.75 Å². The van der Waals surface area contributed by atoms with Crippen LogP contribution in [0.15, 0.2) is 72.8 Å². The smallest absolute Gasteiger partial charge is 0.416 e. The summed E-state index contributed by atoms with van der Waals surface area (Å²) in [5.41, 5.74) is 0.384. The molecule has 1 aliphatic carbocycles. The van der Waals surface area contributed by atoms with Crippen LogP contribution in [0.25, 0.3) is 11.1 Å². The monoisotopic (exact) mass is 573 g/mol. The van der Waals surface area contributed by atoms with Crippen LogP contribution in [0.3, 0.4) is 0 Å². The standard InChI is InChI=1S/C30H32F3NO4.CH2O2/c1-2-3-4-7-19-38-27-12-6-5-11-26(27)30(36,37)34(25-17-18-25)28(35)22-15-13-21(14-16-22)23-9-8-10-24(20-23)29(31,32)33;2-1-3/h5-6,8-16,20,25,36-37H,2-4,7,17-19H2,1H3;1H,(H,2,3). The summed E-state index contributed by atoms with van der Waals surface area (Å²) < 4.78 is 45.2. The zero-order chi connectivity index (χ0) is 30.0. The number of halogens is 3. The van der Waals surface area contributed by atoms with Gasteiger partial charge >= 0.3 is 6.18 Å². The van der Waals surface area contributed by atoms with Crippen molar-refractivity contribution in [1.82, 2.24) is 4.90 Å². The molecule has 7 nitrogen and oxygen atoms in total. The summed E-state index contributed by atoms with van der Waals surface area (Å²) in [7, 11) is 0. The molecule has 0 atom stereocenters. The van der Waals surface area contributed by atoms with Gasteiger partial charge in [0.05, 0.1) is 17.7 Å². The lowest BCUT2D eigenvalue weighted by Gasteiger charge is -2.36. The highest BCUT2D eigenvalue weighted by Gasteiger charge is 2.48. The van der Waals surface area contributed by atoms with E-state index >= 15 is 0 Å². The van der Waals surface area contributed by atoms with E-state index in [1.165, 1.54) is 24.3 Å². The second-order valence-corrected chi connectivity index (χ2v) is 9.71. The minimum absolute atomic E-state index is 0.0799. The number of para-hydroxylation sites is 1. The van der Waals surface area contributed by atoms with Gasteiger partial charge in [-0.2, -0.15) is 13.2 Å². The molecule has 0 aromatic heterocycles. The normalized spacial score (nSPS) is 13.1. The van der Waals surface area contributed by atoms with E-state index in [4.69, 9.17) is 14.6 Å². The van der Waals surface area contributed by atoms with Gasteiger partial charge < -0.3 is 20.1 Å². The second kappa shape index (κ2) is 14.1. The zero-order valence-electron chi connectivity index (χ0n) is 22.7. The summed E-state index contributed by atoms with van der Waals surface area (Å²) in [5.74, 6) is -2.91. The number of rotatable bonds is 11. The fourth-order valence-corrected chi connectivity index (χ4v) is 4.42. The molecule has 0 unspecified atom stereocenters. The highest BCUT2D eigenvalue weighted by atomic mass is 19.4. The number of carboxylic acid groups (broad SMARTS) is 1. The number of nitrogens with zero attached hydrogens (tertiary/aromatic N) is 1. The Kier molecular flexibility index (Phi) is 10.9. The Morgan fingerprint density at radius 3 is 2.22 bits per heavy atom. The molecule has 220 valence electrons. The molecule has 1 fully saturated rings. The summed E-state index contributed by atoms with van der Waals surface area (Å²) in [6, 6.07) is 17.2. The number of carbonyl (C=O) groups excluding carboxylic acids is 1. The highest BCUT2D eigenvalue weighted by molar-refractivity contribution is 5.95. The molecule has 1 saturated carbocycles. The van der Waals surface area contributed by atoms with Gasteiger partial charge in [-0.3, -0.25) is 14.5 Å². The van der Waals surface area contributed by atoms with E-state index in [1.807, 2.05) is 0 Å². The molecule has 1 amide bonds. The van der Waals surface area contributed by atoms with Gasteiger partial charge in [-0.25, -0.2) is 0 Å². The molecule has 3 aromatic carbocycles. The number of benzene rings is 3. The van der Waals surface area contributed by atoms with Gasteiger partial charge in [0, 0.05) is 11.6 Å². The first-order chi connectivity index (χ1) is 19.5. The second-order valence-electron chi connectivity index (χ2n) is 9.71. The Hall–Kier alpha value is -3.89. The molecule has 3 N–H and O–H groups in total. The van der Waals surface area contributed by atoms with Crippen LogP contribution in [-0.4, -0.2) is 45.2 Å². The van der Waals surface area contributed by atoms with Crippen LogP contribution in [0.4, 0.5) is 13.2 Å². The molecule has 0 bridgehead atoms. The molecule has 4 rings (SSSR count). The average molecular weight is 574 g/mol. The van der Waals surface area contributed by atoms with Gasteiger partial charge in [-0.05, 0) is 66.8 Å². The number of amides is 1. The van der Waals surface area contributed by atoms with Crippen molar-refractivity contribution >= 4 is 12.4 Å². The SMILES string of the molecule is CCCCCCOc1ccccc1C(O)(O)N(C(=O)c1ccc(-c2cccc(C(F)(F)F)c2)cc1)C1CC1.O=CO. The van der Waals surface area contributed by atoms with Gasteiger partial charge in [-0.15, -0.1) is 0 Å². The molecule has 0 heterocycles. The summed E-state index contributed by atoms with van der Waals surface area (Å²) >= 11 is 0. The Morgan fingerprint density at radius 2 is 1.61 bits per heavy atom. The Labute approximate surface area is 236 Å². The van der Waals surface area contributed by atoms with Crippen LogP contribution in [-0.2, 0) is 16.9 Å². The summed E-state index contributed by atoms with van der Waals surface area (Å²) in [4.78, 5) is 23.0. The summed E-state index contributed by atoms with van der Waals surface area (Å²) in [5, 5.41) is 29.5. The lowest BCUT2D eigenvalue weighted by molar-refractivity contribution is -0.259. The number of aliphatic hydroxyl groups is 2. The van der Waals surface area contributed by atoms with Gasteiger partial charge in [0.2, 0.25) is 0 Å². The van der Waals surface area contributed by atoms with Crippen LogP contribution < -0.4 is 4.74 Å². The van der Waals surface area contributed by atoms with E-state index in [2.05, 4.69) is 6.92 Å². The molecule has 0 aliphatic heterocycles. The van der Waals surface area contributed by atoms with E-state index in [-0.39, 0.29) is 23.6 Å². The molecule has 41 heavy (non-hydrogen) atoms. The van der Waals surface area contributed by atoms with E-state index in [1.54, 1.807) is 36.4 Å². The van der Waals surface area contributed by atoms with Crippen LogP contribution in [0.1, 0.15) is 66.9 Å². The number of ether oxygens (including phenoxy) is 1. The number of unbranched alkanes of at least 4 members (excludes halogenated alkanes) is 3. The van der Waals surface area contributed by atoms with Gasteiger partial charge in [0.25, 0.3) is 18.3 Å². The third kappa shape index (κ3) is 8.31. The maximum absolute atomic E-state index is 13.5. The number of hydrogen-bond donors (Lipinski definition) is 3. The van der Waals surface area contributed by atoms with Crippen LogP contribution >= 0.6 is 0 Å². The van der Waals surface area contributed by atoms with Gasteiger partial charge in [0.1, 0.15) is 5.75 Å². The molecule has 10 heteroatoms. The third-order valence-corrected chi connectivity index (χ3v) is 6.63. The largest absolute Gasteiger partial charge is 0.493 e. The number of carbonyl (C=O) groups is 2. The lowest BCUT2D eigenvalue weighted by Crippen LogP contribution is -2.51. The Balaban J connectivity index is 0.00000147. The topological polar surface area (TPSA) is 107 Å². The third-order valence-electron chi connectivity index (χ3n) is 6.63. The molecular weight excluding hydrogens is 539 g/mol. The van der Waals surface area contributed by atoms with Crippen molar-refractivity contribution in [1.29, 1.82) is 0 Å². The van der Waals surface area contributed by atoms with Crippen molar-refractivity contribution in [2.24, 2.45) is 0 Å². The first-order valence-electron chi connectivity index (χ1n) is 13.4. The minimum Gasteiger partial charge on any atom is -0.493 e. The van der Waals surface area contributed by atoms with Crippen molar-refractivity contribution in [3.05, 3.63) is 89.5 Å². The maximum Gasteiger partial charge on any atom is 0.416 e. The zero-order valence-corrected chi connectivity index (χ0v) is 22.7. The predicted octanol–water partition coefficient (Wildman–Crippen LogP) is 6.43. The fraction of sp³-hybridized carbons (Fsp3) is 0.355. The molecule has 3 aromatic rings. The van der Waals surface area contributed by atoms with Crippen molar-refractivity contribution in [2.45, 2.75) is 63.6 Å². The quantitative estimate of drug-likeness (QED) is 0.139. The molecule has 0 radical (unpaired) electrons. The highest BCUT2D eigenvalue weighted by Crippen LogP contribution is 2.40. The van der Waals surface area contributed by atoms with Gasteiger partial charge in [0.15, 0.2) is 0 Å². The Morgan fingerprint density at radius 1 is 0.951 bits per heavy atom. The summed E-state index contributed by atoms with van der Waals surface area (Å²) in [6.45, 7) is 2.28. The van der Waals surface area contributed by atoms with Crippen LogP contribution in [0.2, 0.25) is 0 Å². The van der Waals surface area contributed by atoms with Crippen molar-refractivity contribution in [2.75, 3.05) is 6.61 Å². The number of alkyl halides is 3. The Bertz CT molecular complexity index is 1290. The van der Waals surface area contributed by atoms with Crippen molar-refractivity contribution < 1.29 is 42.8 Å². The van der Waals surface area contributed by atoms with Crippen molar-refractivity contribution in [3.63, 3.8) is 0 Å².